The largest absolute Gasteiger partial charge is 0.371 e. The number of likely N-dealkylation sites (N-methyl/N-ethyl adjacent to an activating group) is 2. The van der Waals surface area contributed by atoms with Crippen LogP contribution in [-0.2, 0) is 22.5 Å². The monoisotopic (exact) mass is 280 g/mol. The van der Waals surface area contributed by atoms with Crippen LogP contribution in [0.3, 0.4) is 0 Å². The fourth-order valence-electron chi connectivity index (χ4n) is 2.33. The van der Waals surface area contributed by atoms with E-state index in [1.165, 1.54) is 10.6 Å². The number of hydrogen-bond acceptors (Lipinski definition) is 4. The van der Waals surface area contributed by atoms with Gasteiger partial charge in [-0.05, 0) is 14.0 Å². The second kappa shape index (κ2) is 6.37. The topological polar surface area (TPSA) is 50.6 Å². The molecular formula is C14H24N4O2. The molecule has 6 heteroatoms. The van der Waals surface area contributed by atoms with Gasteiger partial charge < -0.3 is 14.2 Å². The van der Waals surface area contributed by atoms with Gasteiger partial charge in [-0.3, -0.25) is 9.69 Å². The number of carbonyl (C=O) groups is 1. The lowest BCUT2D eigenvalue weighted by atomic mass is 10.2. The van der Waals surface area contributed by atoms with Gasteiger partial charge in [0.05, 0.1) is 12.6 Å². The molecule has 0 unspecified atom stereocenters. The Labute approximate surface area is 120 Å². The van der Waals surface area contributed by atoms with E-state index < -0.39 is 0 Å². The molecule has 2 rings (SSSR count). The molecule has 0 aliphatic carbocycles. The number of nitrogens with zero attached hydrogens (tertiary/aromatic N) is 4. The Morgan fingerprint density at radius 3 is 2.95 bits per heavy atom. The summed E-state index contributed by atoms with van der Waals surface area (Å²) < 4.78 is 7.71. The summed E-state index contributed by atoms with van der Waals surface area (Å²) in [5.74, 6) is 1.12. The van der Waals surface area contributed by atoms with Gasteiger partial charge in [-0.1, -0.05) is 0 Å². The predicted octanol–water partition coefficient (Wildman–Crippen LogP) is 0.537. The van der Waals surface area contributed by atoms with Gasteiger partial charge in [0.1, 0.15) is 12.4 Å². The minimum absolute atomic E-state index is 0.00411. The molecule has 0 saturated heterocycles. The Balaban J connectivity index is 1.86. The van der Waals surface area contributed by atoms with Crippen molar-refractivity contribution in [1.82, 2.24) is 19.4 Å². The lowest BCUT2D eigenvalue weighted by Crippen LogP contribution is -2.34. The summed E-state index contributed by atoms with van der Waals surface area (Å²) in [5, 5.41) is 0. The third-order valence-corrected chi connectivity index (χ3v) is 3.91. The molecule has 0 radical (unpaired) electrons. The van der Waals surface area contributed by atoms with E-state index in [1.807, 2.05) is 6.20 Å². The van der Waals surface area contributed by atoms with Crippen molar-refractivity contribution in [3.8, 4) is 0 Å². The Kier molecular flexibility index (Phi) is 4.77. The average Bonchev–Trinajstić information content (AvgIpc) is 2.82. The van der Waals surface area contributed by atoms with E-state index >= 15 is 0 Å². The van der Waals surface area contributed by atoms with Gasteiger partial charge in [0.15, 0.2) is 0 Å². The summed E-state index contributed by atoms with van der Waals surface area (Å²) >= 11 is 0. The zero-order valence-corrected chi connectivity index (χ0v) is 12.8. The highest BCUT2D eigenvalue weighted by atomic mass is 16.5. The molecule has 1 aromatic rings. The summed E-state index contributed by atoms with van der Waals surface area (Å²) in [6.45, 7) is 4.88. The van der Waals surface area contributed by atoms with Crippen LogP contribution < -0.4 is 0 Å². The molecule has 0 bridgehead atoms. The lowest BCUT2D eigenvalue weighted by molar-refractivity contribution is -0.133. The maximum atomic E-state index is 11.4. The number of amides is 1. The second-order valence-corrected chi connectivity index (χ2v) is 5.51. The fourth-order valence-corrected chi connectivity index (χ4v) is 2.33. The van der Waals surface area contributed by atoms with E-state index in [0.29, 0.717) is 12.6 Å². The number of fused-ring (bicyclic) bond motifs is 1. The summed E-state index contributed by atoms with van der Waals surface area (Å²) in [5.41, 5.74) is 1.19. The third kappa shape index (κ3) is 3.19. The highest BCUT2D eigenvalue weighted by Gasteiger charge is 2.23. The standard InChI is InChI=1S/C14H24N4O2/c1-11-14-15-9-12(18(14)7-6-17(11)4)5-8-20-10-13(19)16(2)3/h9,11H,5-8,10H2,1-4H3/t11-/m1/s1. The second-order valence-electron chi connectivity index (χ2n) is 5.51. The number of carbonyl (C=O) groups excluding carboxylic acids is 1. The molecule has 1 amide bonds. The van der Waals surface area contributed by atoms with E-state index in [2.05, 4.69) is 28.4 Å². The molecule has 0 saturated carbocycles. The van der Waals surface area contributed by atoms with Gasteiger partial charge in [0, 0.05) is 45.5 Å². The van der Waals surface area contributed by atoms with E-state index in [-0.39, 0.29) is 12.5 Å². The Hall–Kier alpha value is -1.40. The molecule has 112 valence electrons. The van der Waals surface area contributed by atoms with Crippen LogP contribution in [-0.4, -0.2) is 66.2 Å². The molecule has 2 heterocycles. The molecule has 0 aromatic carbocycles. The number of rotatable bonds is 5. The summed E-state index contributed by atoms with van der Waals surface area (Å²) in [4.78, 5) is 19.8. The van der Waals surface area contributed by atoms with E-state index in [0.717, 1.165) is 25.3 Å². The number of imidazole rings is 1. The van der Waals surface area contributed by atoms with Crippen molar-refractivity contribution in [2.45, 2.75) is 25.9 Å². The SMILES string of the molecule is C[C@@H]1c2ncc(CCOCC(=O)N(C)C)n2CCN1C. The smallest absolute Gasteiger partial charge is 0.248 e. The lowest BCUT2D eigenvalue weighted by Gasteiger charge is -2.31. The molecule has 20 heavy (non-hydrogen) atoms. The van der Waals surface area contributed by atoms with Gasteiger partial charge in [0.25, 0.3) is 0 Å². The van der Waals surface area contributed by atoms with Crippen LogP contribution in [0, 0.1) is 0 Å². The first-order valence-corrected chi connectivity index (χ1v) is 7.03. The highest BCUT2D eigenvalue weighted by molar-refractivity contribution is 5.76. The summed E-state index contributed by atoms with van der Waals surface area (Å²) in [6.07, 6.45) is 2.73. The molecule has 1 atom stereocenters. The maximum absolute atomic E-state index is 11.4. The van der Waals surface area contributed by atoms with Crippen molar-refractivity contribution in [1.29, 1.82) is 0 Å². The zero-order chi connectivity index (χ0) is 14.7. The van der Waals surface area contributed by atoms with Crippen molar-refractivity contribution in [2.75, 3.05) is 40.9 Å². The van der Waals surface area contributed by atoms with Crippen molar-refractivity contribution in [3.05, 3.63) is 17.7 Å². The van der Waals surface area contributed by atoms with Crippen LogP contribution >= 0.6 is 0 Å². The van der Waals surface area contributed by atoms with Crippen LogP contribution in [0.4, 0.5) is 0 Å². The summed E-state index contributed by atoms with van der Waals surface area (Å²) in [7, 11) is 5.59. The number of hydrogen-bond donors (Lipinski definition) is 0. The number of ether oxygens (including phenoxy) is 1. The molecule has 1 aliphatic heterocycles. The summed E-state index contributed by atoms with van der Waals surface area (Å²) in [6, 6.07) is 0.355. The Bertz CT molecular complexity index is 470. The van der Waals surface area contributed by atoms with Crippen LogP contribution in [0.15, 0.2) is 6.20 Å². The Morgan fingerprint density at radius 2 is 2.25 bits per heavy atom. The minimum atomic E-state index is -0.00411. The quantitative estimate of drug-likeness (QED) is 0.739. The van der Waals surface area contributed by atoms with Crippen LogP contribution in [0.25, 0.3) is 0 Å². The van der Waals surface area contributed by atoms with Gasteiger partial charge in [-0.25, -0.2) is 4.98 Å². The van der Waals surface area contributed by atoms with Gasteiger partial charge in [-0.2, -0.15) is 0 Å². The molecular weight excluding hydrogens is 256 g/mol. The van der Waals surface area contributed by atoms with Gasteiger partial charge >= 0.3 is 0 Å². The van der Waals surface area contributed by atoms with Gasteiger partial charge in [-0.15, -0.1) is 0 Å². The molecule has 1 aliphatic rings. The third-order valence-electron chi connectivity index (χ3n) is 3.91. The van der Waals surface area contributed by atoms with Crippen molar-refractivity contribution in [2.24, 2.45) is 0 Å². The van der Waals surface area contributed by atoms with Crippen molar-refractivity contribution in [3.63, 3.8) is 0 Å². The van der Waals surface area contributed by atoms with Crippen molar-refractivity contribution >= 4 is 5.91 Å². The minimum Gasteiger partial charge on any atom is -0.371 e. The highest BCUT2D eigenvalue weighted by Crippen LogP contribution is 2.23. The molecule has 1 aromatic heterocycles. The zero-order valence-electron chi connectivity index (χ0n) is 12.8. The van der Waals surface area contributed by atoms with Crippen molar-refractivity contribution < 1.29 is 9.53 Å². The molecule has 0 N–H and O–H groups in total. The van der Waals surface area contributed by atoms with Gasteiger partial charge in [0.2, 0.25) is 5.91 Å². The first-order chi connectivity index (χ1) is 9.50. The van der Waals surface area contributed by atoms with Crippen LogP contribution in [0.1, 0.15) is 24.5 Å². The maximum Gasteiger partial charge on any atom is 0.248 e. The molecule has 6 nitrogen and oxygen atoms in total. The van der Waals surface area contributed by atoms with Crippen LogP contribution in [0.2, 0.25) is 0 Å². The molecule has 0 fully saturated rings. The normalized spacial score (nSPS) is 18.9. The predicted molar refractivity (Wildman–Crippen MR) is 76.5 cm³/mol. The fraction of sp³-hybridized carbons (Fsp3) is 0.714. The first-order valence-electron chi connectivity index (χ1n) is 7.03. The van der Waals surface area contributed by atoms with E-state index in [1.54, 1.807) is 14.1 Å². The average molecular weight is 280 g/mol. The first kappa shape index (κ1) is 15.0. The molecule has 0 spiro atoms. The van der Waals surface area contributed by atoms with E-state index in [9.17, 15) is 4.79 Å². The van der Waals surface area contributed by atoms with Crippen LogP contribution in [0.5, 0.6) is 0 Å². The number of aromatic nitrogens is 2. The Morgan fingerprint density at radius 1 is 1.50 bits per heavy atom. The van der Waals surface area contributed by atoms with E-state index in [4.69, 9.17) is 4.74 Å².